The summed E-state index contributed by atoms with van der Waals surface area (Å²) < 4.78 is 0. The average molecular weight is 179 g/mol. The molecule has 0 N–H and O–H groups in total. The van der Waals surface area contributed by atoms with Crippen LogP contribution in [0.4, 0.5) is 0 Å². The molecule has 0 radical (unpaired) electrons. The van der Waals surface area contributed by atoms with Gasteiger partial charge in [-0.15, -0.1) is 11.3 Å². The first-order chi connectivity index (χ1) is 5.77. The lowest BCUT2D eigenvalue weighted by Gasteiger charge is -1.95. The number of thiazole rings is 1. The lowest BCUT2D eigenvalue weighted by Crippen LogP contribution is -1.80. The first-order valence-corrected chi connectivity index (χ1v) is 4.79. The monoisotopic (exact) mass is 179 g/mol. The van der Waals surface area contributed by atoms with Crippen LogP contribution in [-0.2, 0) is 4.79 Å². The number of allylic oxidation sites excluding steroid dienone is 2. The number of nitrogens with zero attached hydrogens (tertiary/aromatic N) is 1. The van der Waals surface area contributed by atoms with Gasteiger partial charge in [0.25, 0.3) is 0 Å². The van der Waals surface area contributed by atoms with Gasteiger partial charge in [-0.2, -0.15) is 0 Å². The van der Waals surface area contributed by atoms with Crippen molar-refractivity contribution in [2.45, 2.75) is 19.8 Å². The van der Waals surface area contributed by atoms with Crippen molar-refractivity contribution in [3.8, 4) is 0 Å². The molecule has 0 aromatic carbocycles. The Morgan fingerprint density at radius 2 is 2.33 bits per heavy atom. The fourth-order valence-corrected chi connectivity index (χ4v) is 2.24. The van der Waals surface area contributed by atoms with Gasteiger partial charge in [-0.25, -0.2) is 4.98 Å². The third-order valence-electron chi connectivity index (χ3n) is 2.01. The summed E-state index contributed by atoms with van der Waals surface area (Å²) in [5.41, 5.74) is 4.04. The molecule has 1 aromatic rings. The summed E-state index contributed by atoms with van der Waals surface area (Å²) in [7, 11) is 0. The van der Waals surface area contributed by atoms with E-state index >= 15 is 0 Å². The molecule has 62 valence electrons. The van der Waals surface area contributed by atoms with Gasteiger partial charge in [0.1, 0.15) is 0 Å². The fourth-order valence-electron chi connectivity index (χ4n) is 1.39. The summed E-state index contributed by atoms with van der Waals surface area (Å²) in [6.45, 7) is 1.98. The number of aryl methyl sites for hydroxylation is 1. The van der Waals surface area contributed by atoms with E-state index in [-0.39, 0.29) is 5.78 Å². The van der Waals surface area contributed by atoms with E-state index < -0.39 is 0 Å². The Morgan fingerprint density at radius 3 is 2.83 bits per heavy atom. The number of rotatable bonds is 1. The number of aromatic nitrogens is 1. The molecule has 0 aliphatic heterocycles. The highest BCUT2D eigenvalue weighted by Crippen LogP contribution is 2.30. The third-order valence-corrected chi connectivity index (χ3v) is 3.02. The summed E-state index contributed by atoms with van der Waals surface area (Å²) >= 11 is 1.62. The van der Waals surface area contributed by atoms with Crippen molar-refractivity contribution in [3.63, 3.8) is 0 Å². The summed E-state index contributed by atoms with van der Waals surface area (Å²) in [6, 6.07) is 0. The van der Waals surface area contributed by atoms with E-state index in [2.05, 4.69) is 4.98 Å². The van der Waals surface area contributed by atoms with Gasteiger partial charge in [-0.05, 0) is 25.0 Å². The first kappa shape index (κ1) is 7.68. The summed E-state index contributed by atoms with van der Waals surface area (Å²) in [5, 5.41) is 0. The Balaban J connectivity index is 2.38. The Bertz CT molecular complexity index is 351. The van der Waals surface area contributed by atoms with Crippen LogP contribution in [-0.4, -0.2) is 10.8 Å². The maximum atomic E-state index is 11.0. The summed E-state index contributed by atoms with van der Waals surface area (Å²) in [6.07, 6.45) is 3.31. The standard InChI is InChI=1S/C9H9NOS/c1-6-9(12-5-10-6)7-2-3-8(11)4-7/h4-5H,2-3H2,1H3. The quantitative estimate of drug-likeness (QED) is 0.661. The van der Waals surface area contributed by atoms with E-state index in [1.807, 2.05) is 12.4 Å². The van der Waals surface area contributed by atoms with Gasteiger partial charge in [-0.3, -0.25) is 4.79 Å². The molecule has 0 unspecified atom stereocenters. The van der Waals surface area contributed by atoms with E-state index in [1.54, 1.807) is 17.4 Å². The van der Waals surface area contributed by atoms with E-state index in [1.165, 1.54) is 10.5 Å². The molecule has 1 aliphatic rings. The molecule has 0 spiro atoms. The summed E-state index contributed by atoms with van der Waals surface area (Å²) in [4.78, 5) is 16.3. The van der Waals surface area contributed by atoms with Gasteiger partial charge in [-0.1, -0.05) is 0 Å². The van der Waals surface area contributed by atoms with E-state index in [4.69, 9.17) is 0 Å². The van der Waals surface area contributed by atoms with Crippen molar-refractivity contribution in [1.29, 1.82) is 0 Å². The van der Waals surface area contributed by atoms with Gasteiger partial charge in [0.05, 0.1) is 16.1 Å². The zero-order chi connectivity index (χ0) is 8.55. The van der Waals surface area contributed by atoms with Crippen molar-refractivity contribution in [3.05, 3.63) is 22.2 Å². The van der Waals surface area contributed by atoms with Crippen LogP contribution in [0.5, 0.6) is 0 Å². The maximum absolute atomic E-state index is 11.0. The highest BCUT2D eigenvalue weighted by Gasteiger charge is 2.16. The second-order valence-corrected chi connectivity index (χ2v) is 3.76. The average Bonchev–Trinajstić information content (AvgIpc) is 2.58. The molecule has 0 bridgehead atoms. The van der Waals surface area contributed by atoms with E-state index in [0.717, 1.165) is 12.1 Å². The lowest BCUT2D eigenvalue weighted by atomic mass is 10.2. The number of carbonyl (C=O) groups is 1. The summed E-state index contributed by atoms with van der Waals surface area (Å²) in [5.74, 6) is 0.248. The molecule has 0 saturated carbocycles. The van der Waals surface area contributed by atoms with Crippen molar-refractivity contribution >= 4 is 22.7 Å². The maximum Gasteiger partial charge on any atom is 0.156 e. The minimum Gasteiger partial charge on any atom is -0.295 e. The molecule has 0 atom stereocenters. The number of hydrogen-bond acceptors (Lipinski definition) is 3. The van der Waals surface area contributed by atoms with Crippen LogP contribution in [0.2, 0.25) is 0 Å². The smallest absolute Gasteiger partial charge is 0.156 e. The highest BCUT2D eigenvalue weighted by atomic mass is 32.1. The van der Waals surface area contributed by atoms with Crippen molar-refractivity contribution in [1.82, 2.24) is 4.98 Å². The van der Waals surface area contributed by atoms with E-state index in [9.17, 15) is 4.79 Å². The van der Waals surface area contributed by atoms with Crippen LogP contribution in [0.25, 0.3) is 5.57 Å². The van der Waals surface area contributed by atoms with Gasteiger partial charge < -0.3 is 0 Å². The second-order valence-electron chi connectivity index (χ2n) is 2.90. The van der Waals surface area contributed by atoms with Crippen LogP contribution >= 0.6 is 11.3 Å². The molecule has 1 heterocycles. The fraction of sp³-hybridized carbons (Fsp3) is 0.333. The minimum absolute atomic E-state index is 0.248. The first-order valence-electron chi connectivity index (χ1n) is 3.91. The third kappa shape index (κ3) is 1.20. The zero-order valence-corrected chi connectivity index (χ0v) is 7.65. The molecular weight excluding hydrogens is 170 g/mol. The van der Waals surface area contributed by atoms with Crippen LogP contribution in [0, 0.1) is 6.92 Å². The predicted octanol–water partition coefficient (Wildman–Crippen LogP) is 2.20. The molecule has 0 fully saturated rings. The molecule has 1 aromatic heterocycles. The normalized spacial score (nSPS) is 16.8. The van der Waals surface area contributed by atoms with Crippen molar-refractivity contribution < 1.29 is 4.79 Å². The largest absolute Gasteiger partial charge is 0.295 e. The minimum atomic E-state index is 0.248. The van der Waals surface area contributed by atoms with Gasteiger partial charge >= 0.3 is 0 Å². The van der Waals surface area contributed by atoms with Crippen LogP contribution in [0.1, 0.15) is 23.4 Å². The van der Waals surface area contributed by atoms with Crippen LogP contribution < -0.4 is 0 Å². The molecule has 2 nitrogen and oxygen atoms in total. The van der Waals surface area contributed by atoms with Gasteiger partial charge in [0.2, 0.25) is 0 Å². The zero-order valence-electron chi connectivity index (χ0n) is 6.83. The lowest BCUT2D eigenvalue weighted by molar-refractivity contribution is -0.114. The van der Waals surface area contributed by atoms with Crippen molar-refractivity contribution in [2.75, 3.05) is 0 Å². The molecule has 2 rings (SSSR count). The Labute approximate surface area is 74.9 Å². The molecule has 0 amide bonds. The van der Waals surface area contributed by atoms with E-state index in [0.29, 0.717) is 6.42 Å². The number of hydrogen-bond donors (Lipinski definition) is 0. The van der Waals surface area contributed by atoms with Crippen LogP contribution in [0.3, 0.4) is 0 Å². The molecule has 12 heavy (non-hydrogen) atoms. The predicted molar refractivity (Wildman–Crippen MR) is 49.1 cm³/mol. The van der Waals surface area contributed by atoms with Crippen LogP contribution in [0.15, 0.2) is 11.6 Å². The van der Waals surface area contributed by atoms with Gasteiger partial charge in [0, 0.05) is 6.42 Å². The number of carbonyl (C=O) groups excluding carboxylic acids is 1. The number of ketones is 1. The van der Waals surface area contributed by atoms with Gasteiger partial charge in [0.15, 0.2) is 5.78 Å². The highest BCUT2D eigenvalue weighted by molar-refractivity contribution is 7.11. The second kappa shape index (κ2) is 2.83. The molecular formula is C9H9NOS. The molecule has 0 saturated heterocycles. The SMILES string of the molecule is Cc1ncsc1C1=CC(=O)CC1. The Morgan fingerprint density at radius 1 is 1.50 bits per heavy atom. The Kier molecular flexibility index (Phi) is 1.81. The molecule has 3 heteroatoms. The topological polar surface area (TPSA) is 30.0 Å². The Hall–Kier alpha value is -0.960. The molecule has 1 aliphatic carbocycles. The van der Waals surface area contributed by atoms with Crippen molar-refractivity contribution in [2.24, 2.45) is 0 Å².